The maximum atomic E-state index is 13.3. The second-order valence-electron chi connectivity index (χ2n) is 5.46. The molecule has 0 bridgehead atoms. The van der Waals surface area contributed by atoms with E-state index < -0.39 is 6.17 Å². The molecule has 1 aliphatic carbocycles. The summed E-state index contributed by atoms with van der Waals surface area (Å²) in [5, 5.41) is 8.42. The van der Waals surface area contributed by atoms with E-state index in [1.807, 2.05) is 4.57 Å². The third-order valence-electron chi connectivity index (χ3n) is 4.27. The number of rotatable bonds is 2. The van der Waals surface area contributed by atoms with Gasteiger partial charge in [0.1, 0.15) is 18.2 Å². The van der Waals surface area contributed by atoms with Gasteiger partial charge in [0, 0.05) is 6.04 Å². The zero-order valence-corrected chi connectivity index (χ0v) is 12.2. The molecule has 6 nitrogen and oxygen atoms in total. The van der Waals surface area contributed by atoms with Gasteiger partial charge in [-0.15, -0.1) is 10.2 Å². The summed E-state index contributed by atoms with van der Waals surface area (Å²) in [7, 11) is 0. The van der Waals surface area contributed by atoms with Crippen LogP contribution in [-0.2, 0) is 0 Å². The Hall–Kier alpha value is -1.76. The van der Waals surface area contributed by atoms with Crippen molar-refractivity contribution < 1.29 is 4.39 Å². The summed E-state index contributed by atoms with van der Waals surface area (Å²) in [6.07, 6.45) is 4.48. The van der Waals surface area contributed by atoms with Crippen LogP contribution in [0, 0.1) is 0 Å². The Kier molecular flexibility index (Phi) is 2.85. The Morgan fingerprint density at radius 3 is 2.95 bits per heavy atom. The number of aromatic nitrogens is 5. The van der Waals surface area contributed by atoms with Gasteiger partial charge in [-0.1, -0.05) is 6.92 Å². The highest BCUT2D eigenvalue weighted by atomic mass is 35.5. The molecule has 110 valence electrons. The molecule has 1 aliphatic heterocycles. The lowest BCUT2D eigenvalue weighted by atomic mass is 9.87. The minimum Gasteiger partial charge on any atom is -0.341 e. The fraction of sp³-hybridized carbons (Fsp3) is 0.538. The summed E-state index contributed by atoms with van der Waals surface area (Å²) in [6.45, 7) is 2.08. The van der Waals surface area contributed by atoms with E-state index in [-0.39, 0.29) is 17.4 Å². The van der Waals surface area contributed by atoms with Crippen LogP contribution in [0.15, 0.2) is 12.5 Å². The van der Waals surface area contributed by atoms with E-state index in [0.29, 0.717) is 12.8 Å². The standard InChI is InChI=1S/C13H14ClFN6/c1-2-9-12-19-17-6-20(12)10-5-16-13(14)18-11(10)21(9)8-3-7(15)4-8/h5-9H,2-4H2,1H3. The van der Waals surface area contributed by atoms with Gasteiger partial charge in [0.2, 0.25) is 5.28 Å². The smallest absolute Gasteiger partial charge is 0.224 e. The molecule has 3 heterocycles. The van der Waals surface area contributed by atoms with Crippen molar-refractivity contribution in [2.24, 2.45) is 0 Å². The van der Waals surface area contributed by atoms with Crippen LogP contribution in [0.1, 0.15) is 38.1 Å². The molecule has 2 aromatic heterocycles. The summed E-state index contributed by atoms with van der Waals surface area (Å²) in [5.41, 5.74) is 0.798. The number of alkyl halides is 1. The summed E-state index contributed by atoms with van der Waals surface area (Å²) < 4.78 is 15.2. The third-order valence-corrected chi connectivity index (χ3v) is 4.45. The first kappa shape index (κ1) is 12.9. The molecule has 0 spiro atoms. The highest BCUT2D eigenvalue weighted by Crippen LogP contribution is 2.43. The molecule has 8 heteroatoms. The molecule has 1 saturated carbocycles. The predicted molar refractivity (Wildman–Crippen MR) is 75.4 cm³/mol. The van der Waals surface area contributed by atoms with Gasteiger partial charge in [-0.3, -0.25) is 4.57 Å². The molecular weight excluding hydrogens is 295 g/mol. The zero-order chi connectivity index (χ0) is 14.6. The maximum absolute atomic E-state index is 13.3. The molecule has 0 N–H and O–H groups in total. The van der Waals surface area contributed by atoms with E-state index >= 15 is 0 Å². The largest absolute Gasteiger partial charge is 0.341 e. The topological polar surface area (TPSA) is 59.7 Å². The van der Waals surface area contributed by atoms with E-state index in [0.717, 1.165) is 23.8 Å². The first-order chi connectivity index (χ1) is 10.2. The van der Waals surface area contributed by atoms with Gasteiger partial charge in [-0.25, -0.2) is 9.37 Å². The van der Waals surface area contributed by atoms with Crippen molar-refractivity contribution in [1.82, 2.24) is 24.7 Å². The Labute approximate surface area is 126 Å². The Morgan fingerprint density at radius 1 is 1.43 bits per heavy atom. The molecule has 1 atom stereocenters. The molecular formula is C13H14ClFN6. The third kappa shape index (κ3) is 1.83. The second-order valence-corrected chi connectivity index (χ2v) is 5.80. The van der Waals surface area contributed by atoms with Crippen molar-refractivity contribution >= 4 is 17.4 Å². The van der Waals surface area contributed by atoms with Crippen LogP contribution in [0.3, 0.4) is 0 Å². The Bertz CT molecular complexity index is 683. The molecule has 2 aromatic rings. The summed E-state index contributed by atoms with van der Waals surface area (Å²) in [6, 6.07) is 0.156. The van der Waals surface area contributed by atoms with Crippen molar-refractivity contribution in [3.8, 4) is 5.69 Å². The second kappa shape index (κ2) is 4.62. The quantitative estimate of drug-likeness (QED) is 0.798. The minimum absolute atomic E-state index is 0.0310. The van der Waals surface area contributed by atoms with Crippen LogP contribution in [0.5, 0.6) is 0 Å². The van der Waals surface area contributed by atoms with Crippen molar-refractivity contribution in [3.05, 3.63) is 23.6 Å². The molecule has 1 fully saturated rings. The molecule has 21 heavy (non-hydrogen) atoms. The molecule has 0 saturated heterocycles. The van der Waals surface area contributed by atoms with E-state index in [1.165, 1.54) is 0 Å². The average Bonchev–Trinajstić information content (AvgIpc) is 2.91. The van der Waals surface area contributed by atoms with Gasteiger partial charge in [0.15, 0.2) is 11.6 Å². The van der Waals surface area contributed by atoms with Gasteiger partial charge < -0.3 is 4.90 Å². The lowest BCUT2D eigenvalue weighted by Gasteiger charge is -2.46. The fourth-order valence-electron chi connectivity index (χ4n) is 3.19. The van der Waals surface area contributed by atoms with Gasteiger partial charge in [0.25, 0.3) is 0 Å². The fourth-order valence-corrected chi connectivity index (χ4v) is 3.32. The van der Waals surface area contributed by atoms with Gasteiger partial charge in [0.05, 0.1) is 12.2 Å². The van der Waals surface area contributed by atoms with Crippen LogP contribution < -0.4 is 4.90 Å². The highest BCUT2D eigenvalue weighted by Gasteiger charge is 2.42. The van der Waals surface area contributed by atoms with Gasteiger partial charge in [-0.05, 0) is 30.9 Å². The van der Waals surface area contributed by atoms with Crippen molar-refractivity contribution in [3.63, 3.8) is 0 Å². The minimum atomic E-state index is -0.729. The van der Waals surface area contributed by atoms with Gasteiger partial charge in [-0.2, -0.15) is 4.98 Å². The lowest BCUT2D eigenvalue weighted by Crippen LogP contribution is -2.50. The summed E-state index contributed by atoms with van der Waals surface area (Å²) in [5.74, 6) is 1.59. The SMILES string of the molecule is CCC1c2nncn2-c2cnc(Cl)nc2N1C1CC(F)C1. The summed E-state index contributed by atoms with van der Waals surface area (Å²) in [4.78, 5) is 10.6. The van der Waals surface area contributed by atoms with Crippen LogP contribution in [-0.4, -0.2) is 36.9 Å². The van der Waals surface area contributed by atoms with Crippen LogP contribution in [0.25, 0.3) is 5.69 Å². The van der Waals surface area contributed by atoms with E-state index in [2.05, 4.69) is 32.0 Å². The normalized spacial score (nSPS) is 27.0. The van der Waals surface area contributed by atoms with E-state index in [4.69, 9.17) is 11.6 Å². The molecule has 4 rings (SSSR count). The highest BCUT2D eigenvalue weighted by molar-refractivity contribution is 6.28. The number of nitrogens with zero attached hydrogens (tertiary/aromatic N) is 6. The Balaban J connectivity index is 1.88. The van der Waals surface area contributed by atoms with Crippen molar-refractivity contribution in [2.45, 2.75) is 44.4 Å². The number of hydrogen-bond donors (Lipinski definition) is 0. The molecule has 1 unspecified atom stereocenters. The van der Waals surface area contributed by atoms with Crippen LogP contribution in [0.2, 0.25) is 5.28 Å². The first-order valence-electron chi connectivity index (χ1n) is 7.04. The molecule has 0 aromatic carbocycles. The maximum Gasteiger partial charge on any atom is 0.224 e. The van der Waals surface area contributed by atoms with Crippen LogP contribution >= 0.6 is 11.6 Å². The number of hydrogen-bond acceptors (Lipinski definition) is 5. The van der Waals surface area contributed by atoms with Crippen LogP contribution in [0.4, 0.5) is 10.2 Å². The molecule has 0 radical (unpaired) electrons. The number of halogens is 2. The average molecular weight is 309 g/mol. The predicted octanol–water partition coefficient (Wildman–Crippen LogP) is 2.48. The Morgan fingerprint density at radius 2 is 2.24 bits per heavy atom. The summed E-state index contributed by atoms with van der Waals surface area (Å²) >= 11 is 5.96. The monoisotopic (exact) mass is 308 g/mol. The van der Waals surface area contributed by atoms with E-state index in [9.17, 15) is 4.39 Å². The number of fused-ring (bicyclic) bond motifs is 3. The number of anilines is 1. The van der Waals surface area contributed by atoms with Gasteiger partial charge >= 0.3 is 0 Å². The van der Waals surface area contributed by atoms with E-state index in [1.54, 1.807) is 12.5 Å². The van der Waals surface area contributed by atoms with Crippen molar-refractivity contribution in [1.29, 1.82) is 0 Å². The molecule has 0 amide bonds. The van der Waals surface area contributed by atoms with Crippen molar-refractivity contribution in [2.75, 3.05) is 4.90 Å². The first-order valence-corrected chi connectivity index (χ1v) is 7.42. The zero-order valence-electron chi connectivity index (χ0n) is 11.4. The lowest BCUT2D eigenvalue weighted by molar-refractivity contribution is 0.164. The molecule has 2 aliphatic rings.